The van der Waals surface area contributed by atoms with Gasteiger partial charge in [-0.3, -0.25) is 0 Å². The van der Waals surface area contributed by atoms with Gasteiger partial charge in [0.1, 0.15) is 5.75 Å². The number of nitrogens with zero attached hydrogens (tertiary/aromatic N) is 3. The molecule has 0 saturated carbocycles. The van der Waals surface area contributed by atoms with Crippen LogP contribution in [-0.4, -0.2) is 41.3 Å². The predicted molar refractivity (Wildman–Crippen MR) is 106 cm³/mol. The number of carbonyl (C=O) groups excluding carboxylic acids is 1. The molecule has 7 nitrogen and oxygen atoms in total. The molecule has 1 aliphatic heterocycles. The zero-order valence-corrected chi connectivity index (χ0v) is 16.4. The maximum absolute atomic E-state index is 12.6. The quantitative estimate of drug-likeness (QED) is 0.705. The Labute approximate surface area is 167 Å². The maximum Gasteiger partial charge on any atom is 0.317 e. The minimum absolute atomic E-state index is 0.0708. The van der Waals surface area contributed by atoms with E-state index in [9.17, 15) is 4.79 Å². The summed E-state index contributed by atoms with van der Waals surface area (Å²) in [4.78, 5) is 19.9. The van der Waals surface area contributed by atoms with Crippen molar-refractivity contribution in [2.75, 3.05) is 20.2 Å². The SMILES string of the molecule is COc1ccc(CNC(=O)N2CCCC(c3nc(-c4cccs4)no3)C2)cc1. The molecule has 28 heavy (non-hydrogen) atoms. The third-order valence-corrected chi connectivity index (χ3v) is 5.71. The van der Waals surface area contributed by atoms with Crippen LogP contribution in [0.25, 0.3) is 10.7 Å². The van der Waals surface area contributed by atoms with Gasteiger partial charge >= 0.3 is 6.03 Å². The zero-order valence-electron chi connectivity index (χ0n) is 15.6. The summed E-state index contributed by atoms with van der Waals surface area (Å²) in [5.74, 6) is 2.10. The Hall–Kier alpha value is -2.87. The summed E-state index contributed by atoms with van der Waals surface area (Å²) in [6, 6.07) is 11.5. The number of carbonyl (C=O) groups is 1. The van der Waals surface area contributed by atoms with E-state index in [1.165, 1.54) is 0 Å². The first-order chi connectivity index (χ1) is 13.7. The van der Waals surface area contributed by atoms with Crippen LogP contribution in [0.1, 0.15) is 30.2 Å². The lowest BCUT2D eigenvalue weighted by molar-refractivity contribution is 0.171. The van der Waals surface area contributed by atoms with E-state index in [0.717, 1.165) is 35.6 Å². The summed E-state index contributed by atoms with van der Waals surface area (Å²) in [6.07, 6.45) is 1.85. The Balaban J connectivity index is 1.34. The van der Waals surface area contributed by atoms with Crippen molar-refractivity contribution in [3.05, 3.63) is 53.2 Å². The molecule has 1 aliphatic rings. The normalized spacial score (nSPS) is 16.8. The number of nitrogens with one attached hydrogen (secondary N) is 1. The van der Waals surface area contributed by atoms with Crippen LogP contribution < -0.4 is 10.1 Å². The lowest BCUT2D eigenvalue weighted by Crippen LogP contribution is -2.44. The van der Waals surface area contributed by atoms with Gasteiger partial charge in [-0.1, -0.05) is 23.4 Å². The van der Waals surface area contributed by atoms with Gasteiger partial charge < -0.3 is 19.5 Å². The molecule has 0 radical (unpaired) electrons. The fraction of sp³-hybridized carbons (Fsp3) is 0.350. The van der Waals surface area contributed by atoms with Crippen LogP contribution in [-0.2, 0) is 6.54 Å². The molecule has 1 aromatic carbocycles. The lowest BCUT2D eigenvalue weighted by Gasteiger charge is -2.31. The molecule has 2 aromatic heterocycles. The minimum Gasteiger partial charge on any atom is -0.497 e. The molecule has 1 atom stereocenters. The highest BCUT2D eigenvalue weighted by atomic mass is 32.1. The number of ether oxygens (including phenoxy) is 1. The molecule has 0 bridgehead atoms. The fourth-order valence-electron chi connectivity index (χ4n) is 3.30. The zero-order chi connectivity index (χ0) is 19.3. The van der Waals surface area contributed by atoms with Gasteiger partial charge in [-0.2, -0.15) is 4.98 Å². The van der Waals surface area contributed by atoms with Gasteiger partial charge in [0, 0.05) is 19.6 Å². The highest BCUT2D eigenvalue weighted by Crippen LogP contribution is 2.29. The maximum atomic E-state index is 12.6. The molecular weight excluding hydrogens is 376 g/mol. The molecule has 0 aliphatic carbocycles. The minimum atomic E-state index is -0.0708. The number of thiophene rings is 1. The van der Waals surface area contributed by atoms with Gasteiger partial charge in [-0.15, -0.1) is 11.3 Å². The molecule has 4 rings (SSSR count). The molecule has 1 fully saturated rings. The average Bonchev–Trinajstić information content (AvgIpc) is 3.44. The number of hydrogen-bond acceptors (Lipinski definition) is 6. The first-order valence-corrected chi connectivity index (χ1v) is 10.1. The molecule has 3 aromatic rings. The van der Waals surface area contributed by atoms with Gasteiger partial charge in [-0.25, -0.2) is 4.79 Å². The van der Waals surface area contributed by atoms with Crippen molar-refractivity contribution in [1.29, 1.82) is 0 Å². The number of rotatable bonds is 5. The predicted octanol–water partition coefficient (Wildman–Crippen LogP) is 3.90. The van der Waals surface area contributed by atoms with Crippen molar-refractivity contribution >= 4 is 17.4 Å². The molecule has 1 saturated heterocycles. The van der Waals surface area contributed by atoms with Crippen LogP contribution in [0.15, 0.2) is 46.3 Å². The number of benzene rings is 1. The second-order valence-corrected chi connectivity index (χ2v) is 7.67. The van der Waals surface area contributed by atoms with Crippen LogP contribution >= 0.6 is 11.3 Å². The monoisotopic (exact) mass is 398 g/mol. The summed E-state index contributed by atoms with van der Waals surface area (Å²) in [6.45, 7) is 1.80. The molecule has 8 heteroatoms. The van der Waals surface area contributed by atoms with Crippen LogP contribution in [0.3, 0.4) is 0 Å². The van der Waals surface area contributed by atoms with Crippen molar-refractivity contribution in [2.24, 2.45) is 0 Å². The van der Waals surface area contributed by atoms with Crippen LogP contribution in [0.5, 0.6) is 5.75 Å². The highest BCUT2D eigenvalue weighted by molar-refractivity contribution is 7.13. The van der Waals surface area contributed by atoms with E-state index in [4.69, 9.17) is 9.26 Å². The number of methoxy groups -OCH3 is 1. The summed E-state index contributed by atoms with van der Waals surface area (Å²) in [7, 11) is 1.64. The second kappa shape index (κ2) is 8.43. The summed E-state index contributed by atoms with van der Waals surface area (Å²) >= 11 is 1.58. The number of piperidine rings is 1. The van der Waals surface area contributed by atoms with Crippen LogP contribution in [0, 0.1) is 0 Å². The van der Waals surface area contributed by atoms with Crippen molar-refractivity contribution in [1.82, 2.24) is 20.4 Å². The van der Waals surface area contributed by atoms with E-state index in [1.807, 2.05) is 46.7 Å². The van der Waals surface area contributed by atoms with Gasteiger partial charge in [0.15, 0.2) is 0 Å². The van der Waals surface area contributed by atoms with E-state index in [2.05, 4.69) is 15.5 Å². The van der Waals surface area contributed by atoms with Crippen molar-refractivity contribution < 1.29 is 14.1 Å². The number of urea groups is 1. The highest BCUT2D eigenvalue weighted by Gasteiger charge is 2.28. The third kappa shape index (κ3) is 4.17. The first kappa shape index (κ1) is 18.5. The van der Waals surface area contributed by atoms with Crippen molar-refractivity contribution in [3.8, 4) is 16.5 Å². The first-order valence-electron chi connectivity index (χ1n) is 9.26. The second-order valence-electron chi connectivity index (χ2n) is 6.73. The molecule has 146 valence electrons. The van der Waals surface area contributed by atoms with E-state index in [-0.39, 0.29) is 11.9 Å². The van der Waals surface area contributed by atoms with E-state index in [0.29, 0.717) is 24.8 Å². The Morgan fingerprint density at radius 1 is 1.36 bits per heavy atom. The molecule has 1 N–H and O–H groups in total. The van der Waals surface area contributed by atoms with Gasteiger partial charge in [0.2, 0.25) is 11.7 Å². The third-order valence-electron chi connectivity index (χ3n) is 4.84. The lowest BCUT2D eigenvalue weighted by atomic mass is 9.98. The summed E-state index contributed by atoms with van der Waals surface area (Å²) in [5, 5.41) is 9.06. The van der Waals surface area contributed by atoms with Gasteiger partial charge in [0.05, 0.1) is 17.9 Å². The largest absolute Gasteiger partial charge is 0.497 e. The summed E-state index contributed by atoms with van der Waals surface area (Å²) in [5.41, 5.74) is 1.03. The van der Waals surface area contributed by atoms with E-state index < -0.39 is 0 Å². The summed E-state index contributed by atoms with van der Waals surface area (Å²) < 4.78 is 10.6. The Morgan fingerprint density at radius 3 is 2.96 bits per heavy atom. The van der Waals surface area contributed by atoms with Crippen LogP contribution in [0.4, 0.5) is 4.79 Å². The number of likely N-dealkylation sites (tertiary alicyclic amines) is 1. The topological polar surface area (TPSA) is 80.5 Å². The number of amides is 2. The average molecular weight is 398 g/mol. The molecular formula is C20H22N4O3S. The Bertz CT molecular complexity index is 908. The van der Waals surface area contributed by atoms with E-state index >= 15 is 0 Å². The molecule has 0 spiro atoms. The van der Waals surface area contributed by atoms with Gasteiger partial charge in [0.25, 0.3) is 0 Å². The number of aromatic nitrogens is 2. The molecule has 2 amide bonds. The van der Waals surface area contributed by atoms with Crippen molar-refractivity contribution in [3.63, 3.8) is 0 Å². The van der Waals surface area contributed by atoms with Crippen LogP contribution in [0.2, 0.25) is 0 Å². The Kier molecular flexibility index (Phi) is 5.57. The smallest absolute Gasteiger partial charge is 0.317 e. The molecule has 3 heterocycles. The molecule has 1 unspecified atom stereocenters. The number of hydrogen-bond donors (Lipinski definition) is 1. The van der Waals surface area contributed by atoms with Crippen molar-refractivity contribution in [2.45, 2.75) is 25.3 Å². The van der Waals surface area contributed by atoms with E-state index in [1.54, 1.807) is 18.4 Å². The Morgan fingerprint density at radius 2 is 2.21 bits per heavy atom. The van der Waals surface area contributed by atoms with Gasteiger partial charge in [-0.05, 0) is 42.0 Å². The standard InChI is InChI=1S/C20H22N4O3S/c1-26-16-8-6-14(7-9-16)12-21-20(25)24-10-2-4-15(13-24)19-22-18(23-27-19)17-5-3-11-28-17/h3,5-9,11,15H,2,4,10,12-13H2,1H3,(H,21,25). The fourth-order valence-corrected chi connectivity index (χ4v) is 3.95.